The van der Waals surface area contributed by atoms with Gasteiger partial charge in [0.15, 0.2) is 5.13 Å². The maximum absolute atomic E-state index is 13.5. The second kappa shape index (κ2) is 9.04. The highest BCUT2D eigenvalue weighted by atomic mass is 32.1. The van der Waals surface area contributed by atoms with Gasteiger partial charge in [0.2, 0.25) is 5.91 Å². The Kier molecular flexibility index (Phi) is 6.06. The molecule has 0 saturated carbocycles. The zero-order chi connectivity index (χ0) is 24.6. The van der Waals surface area contributed by atoms with E-state index in [4.69, 9.17) is 4.98 Å². The number of nitrogens with zero attached hydrogens (tertiary/aromatic N) is 2. The van der Waals surface area contributed by atoms with Gasteiger partial charge in [0.1, 0.15) is 0 Å². The molecule has 4 aromatic rings. The predicted octanol–water partition coefficient (Wildman–Crippen LogP) is 6.91. The first-order valence-corrected chi connectivity index (χ1v) is 13.0. The Morgan fingerprint density at radius 1 is 1.03 bits per heavy atom. The van der Waals surface area contributed by atoms with Gasteiger partial charge in [0, 0.05) is 29.6 Å². The number of hydrogen-bond donors (Lipinski definition) is 1. The number of carbonyl (C=O) groups excluding carboxylic acids is 1. The molecule has 1 aliphatic carbocycles. The lowest BCUT2D eigenvalue weighted by Gasteiger charge is -2.43. The summed E-state index contributed by atoms with van der Waals surface area (Å²) in [7, 11) is 0. The number of aromatic nitrogens is 2. The monoisotopic (exact) mass is 481 g/mol. The van der Waals surface area contributed by atoms with Gasteiger partial charge in [0.05, 0.1) is 11.6 Å². The van der Waals surface area contributed by atoms with E-state index in [0.29, 0.717) is 5.13 Å². The smallest absolute Gasteiger partial charge is 0.230 e. The van der Waals surface area contributed by atoms with Crippen molar-refractivity contribution in [2.45, 2.75) is 46.0 Å². The summed E-state index contributed by atoms with van der Waals surface area (Å²) in [5.74, 6) is -0.0748. The molecule has 0 saturated heterocycles. The number of nitrogens with one attached hydrogen (secondary N) is 1. The molecule has 0 fully saturated rings. The molecule has 2 aromatic heterocycles. The van der Waals surface area contributed by atoms with Gasteiger partial charge in [-0.05, 0) is 51.8 Å². The van der Waals surface area contributed by atoms with Crippen molar-refractivity contribution < 1.29 is 4.79 Å². The van der Waals surface area contributed by atoms with E-state index in [1.165, 1.54) is 33.6 Å². The molecule has 0 radical (unpaired) electrons. The van der Waals surface area contributed by atoms with E-state index in [1.54, 1.807) is 0 Å². The Labute approximate surface area is 211 Å². The summed E-state index contributed by atoms with van der Waals surface area (Å²) in [6.07, 6.45) is 5.11. The summed E-state index contributed by atoms with van der Waals surface area (Å²) in [6.45, 7) is 8.94. The van der Waals surface area contributed by atoms with Crippen molar-refractivity contribution in [3.8, 4) is 11.1 Å². The quantitative estimate of drug-likeness (QED) is 0.337. The van der Waals surface area contributed by atoms with Crippen LogP contribution in [0.25, 0.3) is 11.1 Å². The van der Waals surface area contributed by atoms with Crippen LogP contribution in [0.3, 0.4) is 0 Å². The Hall–Kier alpha value is -3.31. The van der Waals surface area contributed by atoms with Gasteiger partial charge in [-0.2, -0.15) is 0 Å². The van der Waals surface area contributed by atoms with E-state index < -0.39 is 0 Å². The molecule has 2 heterocycles. The number of amides is 1. The van der Waals surface area contributed by atoms with E-state index in [9.17, 15) is 4.79 Å². The first kappa shape index (κ1) is 23.4. The molecule has 2 aromatic carbocycles. The van der Waals surface area contributed by atoms with Gasteiger partial charge in [-0.1, -0.05) is 76.2 Å². The van der Waals surface area contributed by atoms with E-state index in [1.807, 2.05) is 29.9 Å². The molecule has 4 nitrogen and oxygen atoms in total. The van der Waals surface area contributed by atoms with Crippen molar-refractivity contribution in [2.24, 2.45) is 11.3 Å². The molecule has 0 bridgehead atoms. The molecule has 1 N–H and O–H groups in total. The summed E-state index contributed by atoms with van der Waals surface area (Å²) in [4.78, 5) is 22.4. The molecule has 2 atom stereocenters. The summed E-state index contributed by atoms with van der Waals surface area (Å²) >= 11 is 1.50. The van der Waals surface area contributed by atoms with E-state index >= 15 is 0 Å². The largest absolute Gasteiger partial charge is 0.302 e. The van der Waals surface area contributed by atoms with Crippen molar-refractivity contribution in [3.05, 3.63) is 101 Å². The first-order valence-electron chi connectivity index (χ1n) is 12.1. The van der Waals surface area contributed by atoms with Gasteiger partial charge in [-0.25, -0.2) is 4.98 Å². The van der Waals surface area contributed by atoms with E-state index in [2.05, 4.69) is 86.5 Å². The zero-order valence-electron chi connectivity index (χ0n) is 20.7. The molecule has 0 spiro atoms. The molecular weight excluding hydrogens is 450 g/mol. The molecule has 1 aliphatic rings. The minimum absolute atomic E-state index is 0.0567. The van der Waals surface area contributed by atoms with Gasteiger partial charge >= 0.3 is 0 Å². The highest BCUT2D eigenvalue weighted by molar-refractivity contribution is 7.13. The number of pyridine rings is 1. The number of anilines is 1. The van der Waals surface area contributed by atoms with Crippen LogP contribution in [-0.2, 0) is 23.1 Å². The van der Waals surface area contributed by atoms with Gasteiger partial charge in [-0.3, -0.25) is 9.78 Å². The minimum atomic E-state index is -0.246. The molecule has 35 heavy (non-hydrogen) atoms. The van der Waals surface area contributed by atoms with E-state index in [0.717, 1.165) is 24.1 Å². The fourth-order valence-corrected chi connectivity index (χ4v) is 6.02. The van der Waals surface area contributed by atoms with Crippen LogP contribution in [0.1, 0.15) is 50.1 Å². The lowest BCUT2D eigenvalue weighted by atomic mass is 9.60. The molecule has 0 aliphatic heterocycles. The summed E-state index contributed by atoms with van der Waals surface area (Å²) in [5.41, 5.74) is 6.75. The number of rotatable bonds is 5. The minimum Gasteiger partial charge on any atom is -0.302 e. The number of hydrogen-bond acceptors (Lipinski definition) is 4. The van der Waals surface area contributed by atoms with E-state index in [-0.39, 0.29) is 22.7 Å². The van der Waals surface area contributed by atoms with Crippen LogP contribution in [0.15, 0.2) is 78.4 Å². The maximum Gasteiger partial charge on any atom is 0.230 e. The molecule has 1 amide bonds. The second-order valence-corrected chi connectivity index (χ2v) is 11.5. The number of fused-ring (bicyclic) bond motifs is 1. The summed E-state index contributed by atoms with van der Waals surface area (Å²) < 4.78 is 0. The van der Waals surface area contributed by atoms with Crippen molar-refractivity contribution in [1.82, 2.24) is 9.97 Å². The SMILES string of the molecule is CC(C)(C)C1(C)c2ccccc2CC1C(=O)Nc1nc(Cc2ccc(-c3ccncc3)cc2)cs1. The predicted molar refractivity (Wildman–Crippen MR) is 144 cm³/mol. The normalized spacial score (nSPS) is 19.4. The molecule has 178 valence electrons. The van der Waals surface area contributed by atoms with Gasteiger partial charge < -0.3 is 5.32 Å². The van der Waals surface area contributed by atoms with Crippen molar-refractivity contribution in [1.29, 1.82) is 0 Å². The van der Waals surface area contributed by atoms with Gasteiger partial charge in [-0.15, -0.1) is 11.3 Å². The standard InChI is InChI=1S/C30H31N3OS/c1-29(2,3)30(4)25-8-6-5-7-23(25)18-26(30)27(34)33-28-32-24(19-35-28)17-20-9-11-21(12-10-20)22-13-15-31-16-14-22/h5-16,19,26H,17-18H2,1-4H3,(H,32,33,34). The first-order chi connectivity index (χ1) is 16.8. The fourth-order valence-electron chi connectivity index (χ4n) is 5.30. The highest BCUT2D eigenvalue weighted by Crippen LogP contribution is 2.53. The Morgan fingerprint density at radius 3 is 2.43 bits per heavy atom. The lowest BCUT2D eigenvalue weighted by Crippen LogP contribution is -2.46. The van der Waals surface area contributed by atoms with Crippen LogP contribution in [0.4, 0.5) is 5.13 Å². The summed E-state index contributed by atoms with van der Waals surface area (Å²) in [6, 6.07) is 21.1. The number of benzene rings is 2. The third kappa shape index (κ3) is 4.41. The molecule has 2 unspecified atom stereocenters. The third-order valence-electron chi connectivity index (χ3n) is 7.71. The second-order valence-electron chi connectivity index (χ2n) is 10.6. The number of carbonyl (C=O) groups is 1. The number of thiazole rings is 1. The Morgan fingerprint density at radius 2 is 1.71 bits per heavy atom. The van der Waals surface area contributed by atoms with Crippen molar-refractivity contribution in [2.75, 3.05) is 5.32 Å². The zero-order valence-corrected chi connectivity index (χ0v) is 21.5. The lowest BCUT2D eigenvalue weighted by molar-refractivity contribution is -0.123. The molecular formula is C30H31N3OS. The maximum atomic E-state index is 13.5. The molecule has 5 rings (SSSR count). The molecule has 5 heteroatoms. The van der Waals surface area contributed by atoms with Gasteiger partial charge in [0.25, 0.3) is 0 Å². The van der Waals surface area contributed by atoms with Crippen molar-refractivity contribution in [3.63, 3.8) is 0 Å². The van der Waals surface area contributed by atoms with Crippen LogP contribution in [0, 0.1) is 11.3 Å². The Bertz CT molecular complexity index is 1340. The van der Waals surface area contributed by atoms with Crippen LogP contribution in [0.5, 0.6) is 0 Å². The van der Waals surface area contributed by atoms with Crippen LogP contribution in [-0.4, -0.2) is 15.9 Å². The summed E-state index contributed by atoms with van der Waals surface area (Å²) in [5, 5.41) is 5.86. The van der Waals surface area contributed by atoms with Crippen LogP contribution < -0.4 is 5.32 Å². The third-order valence-corrected chi connectivity index (χ3v) is 8.51. The van der Waals surface area contributed by atoms with Crippen molar-refractivity contribution >= 4 is 22.4 Å². The topological polar surface area (TPSA) is 54.9 Å². The fraction of sp³-hybridized carbons (Fsp3) is 0.300. The average molecular weight is 482 g/mol. The van der Waals surface area contributed by atoms with Crippen LogP contribution in [0.2, 0.25) is 0 Å². The highest BCUT2D eigenvalue weighted by Gasteiger charge is 2.53. The Balaban J connectivity index is 1.29. The van der Waals surface area contributed by atoms with Crippen LogP contribution >= 0.6 is 11.3 Å². The average Bonchev–Trinajstić information content (AvgIpc) is 3.42.